The molecule has 5 rings (SSSR count). The molecule has 1 heterocycles. The van der Waals surface area contributed by atoms with Gasteiger partial charge in [-0.05, 0) is 79.5 Å². The van der Waals surface area contributed by atoms with Crippen LogP contribution in [0.2, 0.25) is 0 Å². The van der Waals surface area contributed by atoms with Gasteiger partial charge < -0.3 is 20.6 Å². The summed E-state index contributed by atoms with van der Waals surface area (Å²) in [6, 6.07) is 20.9. The quantitative estimate of drug-likeness (QED) is 0.349. The van der Waals surface area contributed by atoms with Crippen molar-refractivity contribution in [1.82, 2.24) is 15.5 Å². The summed E-state index contributed by atoms with van der Waals surface area (Å²) in [7, 11) is 0. The highest BCUT2D eigenvalue weighted by atomic mass is 19.4. The fourth-order valence-corrected chi connectivity index (χ4v) is 6.11. The average molecular weight is 580 g/mol. The summed E-state index contributed by atoms with van der Waals surface area (Å²) < 4.78 is 38.8. The molecule has 0 bridgehead atoms. The van der Waals surface area contributed by atoms with Crippen molar-refractivity contribution >= 4 is 11.8 Å². The number of aryl methyl sites for hydroxylation is 1. The predicted molar refractivity (Wildman–Crippen MR) is 155 cm³/mol. The van der Waals surface area contributed by atoms with Gasteiger partial charge in [-0.3, -0.25) is 9.59 Å². The minimum atomic E-state index is -4.55. The number of aliphatic hydroxyl groups is 1. The highest BCUT2D eigenvalue weighted by molar-refractivity contribution is 5.96. The highest BCUT2D eigenvalue weighted by Crippen LogP contribution is 2.39. The molecule has 0 spiro atoms. The lowest BCUT2D eigenvalue weighted by atomic mass is 9.76. The van der Waals surface area contributed by atoms with Crippen LogP contribution in [-0.4, -0.2) is 53.5 Å². The van der Waals surface area contributed by atoms with E-state index in [2.05, 4.69) is 41.8 Å². The molecule has 42 heavy (non-hydrogen) atoms. The van der Waals surface area contributed by atoms with Crippen LogP contribution in [0.4, 0.5) is 13.2 Å². The van der Waals surface area contributed by atoms with E-state index in [4.69, 9.17) is 0 Å². The molecule has 9 heteroatoms. The maximum absolute atomic E-state index is 12.9. The second-order valence-corrected chi connectivity index (χ2v) is 11.5. The van der Waals surface area contributed by atoms with Gasteiger partial charge in [-0.25, -0.2) is 0 Å². The van der Waals surface area contributed by atoms with E-state index in [-0.39, 0.29) is 30.1 Å². The molecule has 1 saturated carbocycles. The van der Waals surface area contributed by atoms with Gasteiger partial charge in [0.1, 0.15) is 0 Å². The summed E-state index contributed by atoms with van der Waals surface area (Å²) in [6.45, 7) is 2.84. The van der Waals surface area contributed by atoms with E-state index >= 15 is 0 Å². The Bertz CT molecular complexity index is 1420. The minimum Gasteiger partial charge on any atom is -0.385 e. The van der Waals surface area contributed by atoms with Crippen LogP contribution >= 0.6 is 0 Å². The average Bonchev–Trinajstić information content (AvgIpc) is 3.45. The van der Waals surface area contributed by atoms with Crippen LogP contribution in [0, 0.1) is 6.92 Å². The van der Waals surface area contributed by atoms with Gasteiger partial charge in [-0.1, -0.05) is 54.6 Å². The molecule has 0 aromatic heterocycles. The Morgan fingerprint density at radius 1 is 0.952 bits per heavy atom. The highest BCUT2D eigenvalue weighted by Gasteiger charge is 2.37. The number of likely N-dealkylation sites (tertiary alicyclic amines) is 1. The van der Waals surface area contributed by atoms with Crippen molar-refractivity contribution < 1.29 is 27.9 Å². The molecule has 1 saturated heterocycles. The Balaban J connectivity index is 1.08. The molecular formula is C33H36F3N3O3. The summed E-state index contributed by atoms with van der Waals surface area (Å²) in [5.74, 6) is -0.991. The number of halogens is 3. The summed E-state index contributed by atoms with van der Waals surface area (Å²) in [5.41, 5.74) is 2.48. The van der Waals surface area contributed by atoms with Gasteiger partial charge in [0.2, 0.25) is 5.91 Å². The number of carbonyl (C=O) groups is 2. The van der Waals surface area contributed by atoms with Crippen LogP contribution in [0.5, 0.6) is 0 Å². The Kier molecular flexibility index (Phi) is 8.70. The zero-order chi connectivity index (χ0) is 29.9. The standard InChI is InChI=1S/C33H36F3N3O3/c1-22-18-25(10-11-29(22)23-6-3-2-4-7-23)32(42)15-12-27(13-16-32)38-28-14-17-39(21-28)30(40)20-37-31(41)24-8-5-9-26(19-24)33(34,35)36/h2-11,18-19,27-28,38,42H,12-17,20-21H2,1H3,(H,37,41)/t27?,28-,32?/m0/s1. The molecule has 3 aromatic carbocycles. The molecule has 2 amide bonds. The zero-order valence-electron chi connectivity index (χ0n) is 23.6. The van der Waals surface area contributed by atoms with Crippen molar-refractivity contribution in [1.29, 1.82) is 0 Å². The largest absolute Gasteiger partial charge is 0.416 e. The topological polar surface area (TPSA) is 81.7 Å². The number of amides is 2. The van der Waals surface area contributed by atoms with Crippen LogP contribution < -0.4 is 10.6 Å². The van der Waals surface area contributed by atoms with Crippen LogP contribution in [0.1, 0.15) is 59.2 Å². The van der Waals surface area contributed by atoms with Gasteiger partial charge in [0.05, 0.1) is 17.7 Å². The number of rotatable bonds is 7. The van der Waals surface area contributed by atoms with Crippen LogP contribution in [0.25, 0.3) is 11.1 Å². The number of hydrogen-bond donors (Lipinski definition) is 3. The first kappa shape index (κ1) is 29.8. The molecule has 222 valence electrons. The van der Waals surface area contributed by atoms with Crippen LogP contribution in [0.3, 0.4) is 0 Å². The molecule has 2 aliphatic rings. The Hall–Kier alpha value is -3.69. The third kappa shape index (κ3) is 6.85. The van der Waals surface area contributed by atoms with Gasteiger partial charge in [0.25, 0.3) is 5.91 Å². The zero-order valence-corrected chi connectivity index (χ0v) is 23.6. The second kappa shape index (κ2) is 12.3. The van der Waals surface area contributed by atoms with E-state index in [9.17, 15) is 27.9 Å². The predicted octanol–water partition coefficient (Wildman–Crippen LogP) is 5.43. The van der Waals surface area contributed by atoms with Crippen molar-refractivity contribution in [3.05, 3.63) is 95.1 Å². The third-order valence-corrected chi connectivity index (χ3v) is 8.53. The molecule has 1 atom stereocenters. The van der Waals surface area contributed by atoms with Crippen molar-refractivity contribution in [3.63, 3.8) is 0 Å². The van der Waals surface area contributed by atoms with Crippen molar-refractivity contribution in [2.75, 3.05) is 19.6 Å². The number of carbonyl (C=O) groups excluding carboxylic acids is 2. The van der Waals surface area contributed by atoms with E-state index in [1.54, 1.807) is 4.90 Å². The smallest absolute Gasteiger partial charge is 0.385 e. The normalized spacial score (nSPS) is 22.6. The fourth-order valence-electron chi connectivity index (χ4n) is 6.11. The van der Waals surface area contributed by atoms with Gasteiger partial charge in [-0.15, -0.1) is 0 Å². The van der Waals surface area contributed by atoms with E-state index in [1.807, 2.05) is 24.3 Å². The Morgan fingerprint density at radius 2 is 1.69 bits per heavy atom. The monoisotopic (exact) mass is 579 g/mol. The molecule has 0 radical (unpaired) electrons. The van der Waals surface area contributed by atoms with E-state index in [0.29, 0.717) is 25.9 Å². The lowest BCUT2D eigenvalue weighted by molar-refractivity contribution is -0.137. The molecule has 1 aliphatic carbocycles. The lowest BCUT2D eigenvalue weighted by Crippen LogP contribution is -2.46. The van der Waals surface area contributed by atoms with Gasteiger partial charge in [0, 0.05) is 30.7 Å². The Labute approximate surface area is 243 Å². The number of nitrogens with one attached hydrogen (secondary N) is 2. The van der Waals surface area contributed by atoms with Gasteiger partial charge in [-0.2, -0.15) is 13.2 Å². The van der Waals surface area contributed by atoms with Crippen molar-refractivity contribution in [3.8, 4) is 11.1 Å². The van der Waals surface area contributed by atoms with Crippen molar-refractivity contribution in [2.24, 2.45) is 0 Å². The molecule has 0 unspecified atom stereocenters. The van der Waals surface area contributed by atoms with Crippen LogP contribution in [-0.2, 0) is 16.6 Å². The number of benzene rings is 3. The van der Waals surface area contributed by atoms with Gasteiger partial charge >= 0.3 is 6.18 Å². The maximum atomic E-state index is 12.9. The summed E-state index contributed by atoms with van der Waals surface area (Å²) in [5, 5.41) is 17.6. The number of alkyl halides is 3. The first-order chi connectivity index (χ1) is 20.0. The number of hydrogen-bond acceptors (Lipinski definition) is 4. The SMILES string of the molecule is Cc1cc(C2(O)CCC(N[C@H]3CCN(C(=O)CNC(=O)c4cccc(C(F)(F)F)c4)C3)CC2)ccc1-c1ccccc1. The third-order valence-electron chi connectivity index (χ3n) is 8.53. The summed E-state index contributed by atoms with van der Waals surface area (Å²) >= 11 is 0. The first-order valence-corrected chi connectivity index (χ1v) is 14.4. The maximum Gasteiger partial charge on any atom is 0.416 e. The number of nitrogens with zero attached hydrogens (tertiary/aromatic N) is 1. The molecule has 1 aliphatic heterocycles. The second-order valence-electron chi connectivity index (χ2n) is 11.5. The molecular weight excluding hydrogens is 543 g/mol. The fraction of sp³-hybridized carbons (Fsp3) is 0.394. The molecule has 6 nitrogen and oxygen atoms in total. The van der Waals surface area contributed by atoms with E-state index < -0.39 is 23.2 Å². The van der Waals surface area contributed by atoms with Crippen LogP contribution in [0.15, 0.2) is 72.8 Å². The molecule has 3 aromatic rings. The first-order valence-electron chi connectivity index (χ1n) is 14.4. The van der Waals surface area contributed by atoms with E-state index in [1.165, 1.54) is 12.1 Å². The van der Waals surface area contributed by atoms with E-state index in [0.717, 1.165) is 53.6 Å². The van der Waals surface area contributed by atoms with Crippen molar-refractivity contribution in [2.45, 2.75) is 62.9 Å². The Morgan fingerprint density at radius 3 is 2.38 bits per heavy atom. The van der Waals surface area contributed by atoms with Gasteiger partial charge in [0.15, 0.2) is 0 Å². The minimum absolute atomic E-state index is 0.108. The molecule has 2 fully saturated rings. The summed E-state index contributed by atoms with van der Waals surface area (Å²) in [6.07, 6.45) is -0.861. The molecule has 3 N–H and O–H groups in total. The lowest BCUT2D eigenvalue weighted by Gasteiger charge is -2.38. The summed E-state index contributed by atoms with van der Waals surface area (Å²) in [4.78, 5) is 26.7.